The minimum absolute atomic E-state index is 0.240. The van der Waals surface area contributed by atoms with Crippen LogP contribution in [-0.4, -0.2) is 10.8 Å². The molecule has 0 bridgehead atoms. The van der Waals surface area contributed by atoms with E-state index in [0.717, 1.165) is 24.7 Å². The van der Waals surface area contributed by atoms with Gasteiger partial charge in [0.25, 0.3) is 0 Å². The first-order chi connectivity index (χ1) is 10.1. The van der Waals surface area contributed by atoms with Gasteiger partial charge in [0.15, 0.2) is 0 Å². The number of hydrogen-bond donors (Lipinski definition) is 2. The van der Waals surface area contributed by atoms with Crippen LogP contribution in [0.1, 0.15) is 56.1 Å². The molecule has 0 radical (unpaired) electrons. The molecule has 0 aromatic heterocycles. The summed E-state index contributed by atoms with van der Waals surface area (Å²) >= 11 is 0. The maximum Gasteiger partial charge on any atom is 0.115 e. The van der Waals surface area contributed by atoms with Crippen LogP contribution in [0.3, 0.4) is 0 Å². The molecule has 1 aromatic rings. The number of phenols is 1. The van der Waals surface area contributed by atoms with Crippen molar-refractivity contribution in [2.75, 3.05) is 0 Å². The van der Waals surface area contributed by atoms with E-state index in [9.17, 15) is 5.11 Å². The average Bonchev–Trinajstić information content (AvgIpc) is 2.83. The van der Waals surface area contributed by atoms with Crippen LogP contribution in [0.5, 0.6) is 5.75 Å². The van der Waals surface area contributed by atoms with Crippen LogP contribution in [0.4, 0.5) is 0 Å². The number of rotatable bonds is 0. The first-order valence-electron chi connectivity index (χ1n) is 8.22. The van der Waals surface area contributed by atoms with Gasteiger partial charge >= 0.3 is 0 Å². The number of fused-ring (bicyclic) bond motifs is 5. The molecule has 112 valence electrons. The summed E-state index contributed by atoms with van der Waals surface area (Å²) in [4.78, 5) is 0. The first kappa shape index (κ1) is 13.2. The van der Waals surface area contributed by atoms with Crippen molar-refractivity contribution in [2.24, 2.45) is 28.2 Å². The van der Waals surface area contributed by atoms with E-state index < -0.39 is 0 Å². The Balaban J connectivity index is 1.72. The Morgan fingerprint density at radius 3 is 2.90 bits per heavy atom. The lowest BCUT2D eigenvalue weighted by molar-refractivity contribution is 0.0955. The van der Waals surface area contributed by atoms with Gasteiger partial charge in [0.1, 0.15) is 5.75 Å². The molecule has 4 atom stereocenters. The van der Waals surface area contributed by atoms with Gasteiger partial charge in [-0.05, 0) is 79.5 Å². The number of benzene rings is 1. The van der Waals surface area contributed by atoms with E-state index >= 15 is 0 Å². The Labute approximate surface area is 126 Å². The van der Waals surface area contributed by atoms with Crippen molar-refractivity contribution in [3.05, 3.63) is 29.3 Å². The lowest BCUT2D eigenvalue weighted by atomic mass is 9.55. The first-order valence-corrected chi connectivity index (χ1v) is 8.22. The van der Waals surface area contributed by atoms with Crippen LogP contribution in [0, 0.1) is 17.3 Å². The summed E-state index contributed by atoms with van der Waals surface area (Å²) in [6.45, 7) is 2.39. The van der Waals surface area contributed by atoms with Gasteiger partial charge in [0.2, 0.25) is 0 Å². The van der Waals surface area contributed by atoms with Crippen molar-refractivity contribution < 1.29 is 5.11 Å². The van der Waals surface area contributed by atoms with E-state index in [4.69, 9.17) is 5.84 Å². The van der Waals surface area contributed by atoms with E-state index in [-0.39, 0.29) is 5.41 Å². The molecule has 0 amide bonds. The third kappa shape index (κ3) is 1.76. The molecule has 0 saturated heterocycles. The Morgan fingerprint density at radius 1 is 1.24 bits per heavy atom. The van der Waals surface area contributed by atoms with Gasteiger partial charge in [0.05, 0.1) is 0 Å². The predicted molar refractivity (Wildman–Crippen MR) is 84.3 cm³/mol. The van der Waals surface area contributed by atoms with Crippen molar-refractivity contribution in [1.82, 2.24) is 0 Å². The highest BCUT2D eigenvalue weighted by Crippen LogP contribution is 2.59. The van der Waals surface area contributed by atoms with Gasteiger partial charge in [0, 0.05) is 11.1 Å². The highest BCUT2D eigenvalue weighted by atomic mass is 16.3. The number of phenolic OH excluding ortho intramolecular Hbond substituents is 1. The monoisotopic (exact) mass is 284 g/mol. The smallest absolute Gasteiger partial charge is 0.115 e. The zero-order valence-electron chi connectivity index (χ0n) is 12.7. The Bertz CT molecular complexity index is 609. The normalized spacial score (nSPS) is 39.7. The molecular formula is C18H24N2O. The zero-order valence-corrected chi connectivity index (χ0v) is 12.7. The molecule has 3 unspecified atom stereocenters. The fourth-order valence-corrected chi connectivity index (χ4v) is 5.57. The van der Waals surface area contributed by atoms with Gasteiger partial charge < -0.3 is 10.9 Å². The number of aryl methyl sites for hydroxylation is 1. The van der Waals surface area contributed by atoms with Crippen molar-refractivity contribution in [1.29, 1.82) is 0 Å². The molecular weight excluding hydrogens is 260 g/mol. The fraction of sp³-hybridized carbons (Fsp3) is 0.611. The second-order valence-electron chi connectivity index (χ2n) is 7.37. The van der Waals surface area contributed by atoms with Crippen molar-refractivity contribution in [2.45, 2.75) is 51.4 Å². The molecule has 2 fully saturated rings. The highest BCUT2D eigenvalue weighted by molar-refractivity contribution is 5.92. The minimum Gasteiger partial charge on any atom is -0.508 e. The van der Waals surface area contributed by atoms with Crippen LogP contribution in [0.15, 0.2) is 23.3 Å². The van der Waals surface area contributed by atoms with Crippen molar-refractivity contribution >= 4 is 5.71 Å². The molecule has 4 rings (SSSR count). The Hall–Kier alpha value is -1.51. The van der Waals surface area contributed by atoms with Crippen molar-refractivity contribution in [3.63, 3.8) is 0 Å². The van der Waals surface area contributed by atoms with Crippen LogP contribution in [0.25, 0.3) is 0 Å². The van der Waals surface area contributed by atoms with Gasteiger partial charge in [-0.2, -0.15) is 5.10 Å². The Morgan fingerprint density at radius 2 is 2.10 bits per heavy atom. The molecule has 0 heterocycles. The predicted octanol–water partition coefficient (Wildman–Crippen LogP) is 3.56. The molecule has 0 aliphatic heterocycles. The number of aromatic hydroxyl groups is 1. The largest absolute Gasteiger partial charge is 0.508 e. The van der Waals surface area contributed by atoms with Crippen LogP contribution >= 0.6 is 0 Å². The summed E-state index contributed by atoms with van der Waals surface area (Å²) in [5, 5.41) is 13.8. The topological polar surface area (TPSA) is 58.6 Å². The second-order valence-corrected chi connectivity index (χ2v) is 7.37. The standard InChI is InChI=1S/C18H24N2O/c1-18-9-8-14-13-5-3-12(21)10-11(13)2-4-15(14)16(18)6-7-17(18)20-19/h3,5,10,14-16,21H,2,4,6-9,19H2,1H3/t14?,15?,16?,18-/m1/s1. The lowest BCUT2D eigenvalue weighted by Gasteiger charge is -2.49. The van der Waals surface area contributed by atoms with E-state index in [1.807, 2.05) is 12.1 Å². The number of nitrogens with two attached hydrogens (primary N) is 1. The average molecular weight is 284 g/mol. The van der Waals surface area contributed by atoms with E-state index in [1.54, 1.807) is 0 Å². The van der Waals surface area contributed by atoms with Crippen LogP contribution in [0.2, 0.25) is 0 Å². The maximum absolute atomic E-state index is 9.71. The molecule has 3 aliphatic carbocycles. The zero-order chi connectivity index (χ0) is 14.6. The second kappa shape index (κ2) is 4.49. The summed E-state index contributed by atoms with van der Waals surface area (Å²) in [5.41, 5.74) is 4.35. The van der Waals surface area contributed by atoms with Crippen LogP contribution in [-0.2, 0) is 6.42 Å². The van der Waals surface area contributed by atoms with E-state index in [2.05, 4.69) is 18.1 Å². The third-order valence-corrected chi connectivity index (χ3v) is 6.61. The summed E-state index contributed by atoms with van der Waals surface area (Å²) in [6.07, 6.45) is 7.12. The number of nitrogens with zero attached hydrogens (tertiary/aromatic N) is 1. The minimum atomic E-state index is 0.240. The molecule has 3 nitrogen and oxygen atoms in total. The maximum atomic E-state index is 9.71. The summed E-state index contributed by atoms with van der Waals surface area (Å²) in [7, 11) is 0. The molecule has 3 N–H and O–H groups in total. The molecule has 21 heavy (non-hydrogen) atoms. The summed E-state index contributed by atoms with van der Waals surface area (Å²) in [5.74, 6) is 8.23. The van der Waals surface area contributed by atoms with Gasteiger partial charge in [-0.1, -0.05) is 13.0 Å². The molecule has 3 aliphatic rings. The lowest BCUT2D eigenvalue weighted by Crippen LogP contribution is -2.42. The fourth-order valence-electron chi connectivity index (χ4n) is 5.57. The molecule has 3 heteroatoms. The Kier molecular flexibility index (Phi) is 2.82. The molecule has 2 saturated carbocycles. The van der Waals surface area contributed by atoms with Gasteiger partial charge in [-0.15, -0.1) is 0 Å². The summed E-state index contributed by atoms with van der Waals surface area (Å²) in [6, 6.07) is 5.99. The van der Waals surface area contributed by atoms with E-state index in [0.29, 0.717) is 11.7 Å². The summed E-state index contributed by atoms with van der Waals surface area (Å²) < 4.78 is 0. The number of hydrogen-bond acceptors (Lipinski definition) is 3. The van der Waals surface area contributed by atoms with E-state index in [1.165, 1.54) is 42.5 Å². The van der Waals surface area contributed by atoms with Crippen molar-refractivity contribution in [3.8, 4) is 5.75 Å². The van der Waals surface area contributed by atoms with Gasteiger partial charge in [-0.3, -0.25) is 0 Å². The molecule has 1 aromatic carbocycles. The van der Waals surface area contributed by atoms with Crippen LogP contribution < -0.4 is 5.84 Å². The third-order valence-electron chi connectivity index (χ3n) is 6.61. The quantitative estimate of drug-likeness (QED) is 0.565. The SMILES string of the molecule is C[C@@]12CCC3c4ccc(O)cc4CCC3C1CCC2=NN. The van der Waals surface area contributed by atoms with Gasteiger partial charge in [-0.25, -0.2) is 0 Å². The highest BCUT2D eigenvalue weighted by Gasteiger charge is 2.53. The number of hydrazone groups is 1. The molecule has 0 spiro atoms.